The molecule has 0 aromatic heterocycles. The zero-order valence-electron chi connectivity index (χ0n) is 16.7. The second-order valence-corrected chi connectivity index (χ2v) is 8.14. The Hall–Kier alpha value is -2.49. The van der Waals surface area contributed by atoms with Gasteiger partial charge in [0.1, 0.15) is 13.2 Å². The fraction of sp³-hybridized carbons (Fsp3) is 0.435. The minimum absolute atomic E-state index is 0.0530. The third-order valence-electron chi connectivity index (χ3n) is 4.90. The molecule has 1 aliphatic heterocycles. The first kappa shape index (κ1) is 19.3. The fourth-order valence-electron chi connectivity index (χ4n) is 3.16. The van der Waals surface area contributed by atoms with Gasteiger partial charge in [0.15, 0.2) is 11.5 Å². The second-order valence-electron chi connectivity index (χ2n) is 8.14. The van der Waals surface area contributed by atoms with E-state index in [9.17, 15) is 4.79 Å². The highest BCUT2D eigenvalue weighted by Crippen LogP contribution is 2.32. The summed E-state index contributed by atoms with van der Waals surface area (Å²) in [6.45, 7) is 9.74. The number of amides is 1. The Morgan fingerprint density at radius 1 is 1.04 bits per heavy atom. The minimum Gasteiger partial charge on any atom is -0.486 e. The minimum atomic E-state index is -0.0726. The van der Waals surface area contributed by atoms with E-state index in [4.69, 9.17) is 9.47 Å². The van der Waals surface area contributed by atoms with Gasteiger partial charge >= 0.3 is 0 Å². The summed E-state index contributed by atoms with van der Waals surface area (Å²) in [6.07, 6.45) is 1.22. The molecule has 0 aliphatic carbocycles. The van der Waals surface area contributed by atoms with E-state index in [0.29, 0.717) is 19.6 Å². The number of carbonyl (C=O) groups is 1. The molecule has 2 aromatic carbocycles. The number of fused-ring (bicyclic) bond motifs is 1. The zero-order valence-corrected chi connectivity index (χ0v) is 16.7. The van der Waals surface area contributed by atoms with Crippen molar-refractivity contribution in [3.8, 4) is 11.5 Å². The van der Waals surface area contributed by atoms with Crippen LogP contribution in [0.5, 0.6) is 11.5 Å². The van der Waals surface area contributed by atoms with Gasteiger partial charge in [-0.05, 0) is 47.6 Å². The average molecular weight is 367 g/mol. The highest BCUT2D eigenvalue weighted by atomic mass is 16.6. The lowest BCUT2D eigenvalue weighted by Gasteiger charge is -2.21. The van der Waals surface area contributed by atoms with Crippen LogP contribution in [0.2, 0.25) is 0 Å². The van der Waals surface area contributed by atoms with E-state index in [1.54, 1.807) is 0 Å². The monoisotopic (exact) mass is 367 g/mol. The van der Waals surface area contributed by atoms with Crippen molar-refractivity contribution in [1.82, 2.24) is 5.32 Å². The number of nitrogens with one attached hydrogen (secondary N) is 1. The molecule has 1 amide bonds. The van der Waals surface area contributed by atoms with Crippen molar-refractivity contribution in [3.05, 3.63) is 59.2 Å². The number of hydrogen-bond donors (Lipinski definition) is 1. The van der Waals surface area contributed by atoms with Crippen LogP contribution in [0.25, 0.3) is 0 Å². The molecular formula is C23H29NO3. The van der Waals surface area contributed by atoms with E-state index in [0.717, 1.165) is 23.5 Å². The van der Waals surface area contributed by atoms with E-state index in [2.05, 4.69) is 50.4 Å². The van der Waals surface area contributed by atoms with Gasteiger partial charge in [0.25, 0.3) is 0 Å². The molecule has 0 unspecified atom stereocenters. The molecular weight excluding hydrogens is 338 g/mol. The van der Waals surface area contributed by atoms with Gasteiger partial charge in [-0.1, -0.05) is 51.1 Å². The van der Waals surface area contributed by atoms with Crippen LogP contribution in [-0.4, -0.2) is 19.1 Å². The maximum absolute atomic E-state index is 12.3. The maximum Gasteiger partial charge on any atom is 0.220 e. The summed E-state index contributed by atoms with van der Waals surface area (Å²) in [6, 6.07) is 14.3. The lowest BCUT2D eigenvalue weighted by atomic mass is 9.86. The zero-order chi connectivity index (χ0) is 19.4. The highest BCUT2D eigenvalue weighted by Gasteiger charge is 2.16. The molecule has 1 atom stereocenters. The predicted octanol–water partition coefficient (Wildman–Crippen LogP) is 4.57. The predicted molar refractivity (Wildman–Crippen MR) is 107 cm³/mol. The van der Waals surface area contributed by atoms with E-state index in [1.807, 2.05) is 25.1 Å². The van der Waals surface area contributed by atoms with Crippen LogP contribution in [0.1, 0.15) is 56.8 Å². The lowest BCUT2D eigenvalue weighted by Crippen LogP contribution is -2.27. The number of hydrogen-bond acceptors (Lipinski definition) is 3. The molecule has 1 N–H and O–H groups in total. The molecule has 4 nitrogen and oxygen atoms in total. The maximum atomic E-state index is 12.3. The van der Waals surface area contributed by atoms with Gasteiger partial charge in [0, 0.05) is 6.42 Å². The molecule has 0 spiro atoms. The van der Waals surface area contributed by atoms with Crippen LogP contribution in [0.15, 0.2) is 42.5 Å². The standard InChI is InChI=1S/C23H29NO3/c1-16(18-8-11-20-21(15-18)27-14-13-26-20)24-22(25)12-7-17-5-9-19(10-6-17)23(2,3)4/h5-6,8-11,15-16H,7,12-14H2,1-4H3,(H,24,25)/t16-/m0/s1. The Morgan fingerprint density at radius 2 is 1.70 bits per heavy atom. The first-order valence-electron chi connectivity index (χ1n) is 9.61. The molecule has 0 radical (unpaired) electrons. The molecule has 0 fully saturated rings. The number of carbonyl (C=O) groups excluding carboxylic acids is 1. The Kier molecular flexibility index (Phi) is 5.73. The van der Waals surface area contributed by atoms with Gasteiger partial charge in [0.2, 0.25) is 5.91 Å². The topological polar surface area (TPSA) is 47.6 Å². The van der Waals surface area contributed by atoms with Crippen molar-refractivity contribution >= 4 is 5.91 Å². The lowest BCUT2D eigenvalue weighted by molar-refractivity contribution is -0.121. The third-order valence-corrected chi connectivity index (χ3v) is 4.90. The molecule has 1 heterocycles. The Morgan fingerprint density at radius 3 is 2.37 bits per heavy atom. The normalized spacial score (nSPS) is 14.5. The van der Waals surface area contributed by atoms with Gasteiger partial charge in [-0.3, -0.25) is 4.79 Å². The molecule has 0 bridgehead atoms. The molecule has 0 saturated heterocycles. The van der Waals surface area contributed by atoms with Gasteiger partial charge in [-0.25, -0.2) is 0 Å². The van der Waals surface area contributed by atoms with Crippen molar-refractivity contribution in [2.45, 2.75) is 52.0 Å². The van der Waals surface area contributed by atoms with Crippen molar-refractivity contribution in [1.29, 1.82) is 0 Å². The summed E-state index contributed by atoms with van der Waals surface area (Å²) in [7, 11) is 0. The van der Waals surface area contributed by atoms with Crippen LogP contribution in [-0.2, 0) is 16.6 Å². The molecule has 0 saturated carbocycles. The first-order chi connectivity index (χ1) is 12.8. The Balaban J connectivity index is 1.53. The smallest absolute Gasteiger partial charge is 0.220 e. The molecule has 27 heavy (non-hydrogen) atoms. The third kappa shape index (κ3) is 5.03. The van der Waals surface area contributed by atoms with E-state index >= 15 is 0 Å². The largest absolute Gasteiger partial charge is 0.486 e. The second kappa shape index (κ2) is 8.03. The molecule has 3 rings (SSSR count). The van der Waals surface area contributed by atoms with Gasteiger partial charge in [0.05, 0.1) is 6.04 Å². The van der Waals surface area contributed by atoms with E-state index in [1.165, 1.54) is 11.1 Å². The summed E-state index contributed by atoms with van der Waals surface area (Å²) in [5.41, 5.74) is 3.66. The van der Waals surface area contributed by atoms with Crippen molar-refractivity contribution in [3.63, 3.8) is 0 Å². The fourth-order valence-corrected chi connectivity index (χ4v) is 3.16. The summed E-state index contributed by atoms with van der Waals surface area (Å²) in [5, 5.41) is 3.07. The van der Waals surface area contributed by atoms with Crippen molar-refractivity contribution in [2.75, 3.05) is 13.2 Å². The number of ether oxygens (including phenoxy) is 2. The van der Waals surface area contributed by atoms with Crippen molar-refractivity contribution in [2.24, 2.45) is 0 Å². The first-order valence-corrected chi connectivity index (χ1v) is 9.61. The van der Waals surface area contributed by atoms with Crippen LogP contribution in [0, 0.1) is 0 Å². The van der Waals surface area contributed by atoms with Crippen LogP contribution >= 0.6 is 0 Å². The summed E-state index contributed by atoms with van der Waals surface area (Å²) in [4.78, 5) is 12.3. The van der Waals surface area contributed by atoms with Crippen LogP contribution in [0.3, 0.4) is 0 Å². The number of aryl methyl sites for hydroxylation is 1. The molecule has 2 aromatic rings. The average Bonchev–Trinajstić information content (AvgIpc) is 2.65. The quantitative estimate of drug-likeness (QED) is 0.842. The van der Waals surface area contributed by atoms with E-state index < -0.39 is 0 Å². The molecule has 144 valence electrons. The molecule has 4 heteroatoms. The van der Waals surface area contributed by atoms with Gasteiger partial charge in [-0.2, -0.15) is 0 Å². The van der Waals surface area contributed by atoms with Gasteiger partial charge < -0.3 is 14.8 Å². The Labute approximate surface area is 161 Å². The Bertz CT molecular complexity index is 790. The van der Waals surface area contributed by atoms with Crippen LogP contribution in [0.4, 0.5) is 0 Å². The van der Waals surface area contributed by atoms with Crippen molar-refractivity contribution < 1.29 is 14.3 Å². The number of rotatable bonds is 5. The SMILES string of the molecule is C[C@H](NC(=O)CCc1ccc(C(C)(C)C)cc1)c1ccc2c(c1)OCCO2. The summed E-state index contributed by atoms with van der Waals surface area (Å²) < 4.78 is 11.2. The van der Waals surface area contributed by atoms with Crippen LogP contribution < -0.4 is 14.8 Å². The highest BCUT2D eigenvalue weighted by molar-refractivity contribution is 5.76. The number of benzene rings is 2. The van der Waals surface area contributed by atoms with E-state index in [-0.39, 0.29) is 17.4 Å². The van der Waals surface area contributed by atoms with Gasteiger partial charge in [-0.15, -0.1) is 0 Å². The summed E-state index contributed by atoms with van der Waals surface area (Å²) >= 11 is 0. The summed E-state index contributed by atoms with van der Waals surface area (Å²) in [5.74, 6) is 1.57. The molecule has 1 aliphatic rings.